The van der Waals surface area contributed by atoms with Crippen LogP contribution in [0.2, 0.25) is 0 Å². The molecule has 72 valence electrons. The van der Waals surface area contributed by atoms with Crippen molar-refractivity contribution in [1.82, 2.24) is 0 Å². The Balaban J connectivity index is 3.33. The zero-order chi connectivity index (χ0) is 10.1. The van der Waals surface area contributed by atoms with Crippen LogP contribution in [0, 0.1) is 0 Å². The minimum Gasteiger partial charge on any atom is -0.508 e. The minimum atomic E-state index is -3.83. The lowest BCUT2D eigenvalue weighted by Gasteiger charge is -2.02. The van der Waals surface area contributed by atoms with E-state index in [1.54, 1.807) is 0 Å². The molecule has 0 fully saturated rings. The molecule has 0 aliphatic heterocycles. The van der Waals surface area contributed by atoms with Gasteiger partial charge in [-0.25, -0.2) is 8.42 Å². The summed E-state index contributed by atoms with van der Waals surface area (Å²) < 4.78 is 26.5. The average molecular weight is 223 g/mol. The molecule has 4 nitrogen and oxygen atoms in total. The van der Waals surface area contributed by atoms with E-state index < -0.39 is 9.05 Å². The fourth-order valence-electron chi connectivity index (χ4n) is 0.815. The van der Waals surface area contributed by atoms with E-state index in [1.807, 2.05) is 0 Å². The predicted molar refractivity (Wildman–Crippen MR) is 47.7 cm³/mol. The Morgan fingerprint density at radius 2 is 2.00 bits per heavy atom. The maximum Gasteiger partial charge on any atom is 0.261 e. The van der Waals surface area contributed by atoms with Crippen LogP contribution in [0.15, 0.2) is 23.1 Å². The molecule has 1 aromatic rings. The van der Waals surface area contributed by atoms with Gasteiger partial charge in [0.1, 0.15) is 11.5 Å². The molecule has 0 aliphatic carbocycles. The van der Waals surface area contributed by atoms with E-state index in [2.05, 4.69) is 0 Å². The lowest BCUT2D eigenvalue weighted by Crippen LogP contribution is -1.91. The van der Waals surface area contributed by atoms with Gasteiger partial charge in [-0.3, -0.25) is 0 Å². The lowest BCUT2D eigenvalue weighted by atomic mass is 10.3. The van der Waals surface area contributed by atoms with Gasteiger partial charge in [-0.1, -0.05) is 0 Å². The average Bonchev–Trinajstić information content (AvgIpc) is 2.01. The molecular formula is C7H7ClO4S. The van der Waals surface area contributed by atoms with E-state index in [0.717, 1.165) is 6.07 Å². The van der Waals surface area contributed by atoms with Crippen molar-refractivity contribution in [2.24, 2.45) is 0 Å². The fourth-order valence-corrected chi connectivity index (χ4v) is 1.60. The number of rotatable bonds is 2. The summed E-state index contributed by atoms with van der Waals surface area (Å²) in [6.07, 6.45) is 0. The fraction of sp³-hybridized carbons (Fsp3) is 0.143. The van der Waals surface area contributed by atoms with Gasteiger partial charge in [0, 0.05) is 28.9 Å². The highest BCUT2D eigenvalue weighted by Crippen LogP contribution is 2.26. The SMILES string of the molecule is COc1cc(O)cc(S(=O)(=O)Cl)c1. The number of halogens is 1. The molecule has 0 saturated heterocycles. The van der Waals surface area contributed by atoms with Gasteiger partial charge in [0.25, 0.3) is 9.05 Å². The van der Waals surface area contributed by atoms with Crippen molar-refractivity contribution in [2.75, 3.05) is 7.11 Å². The number of phenolic OH excluding ortho intramolecular Hbond substituents is 1. The van der Waals surface area contributed by atoms with E-state index >= 15 is 0 Å². The van der Waals surface area contributed by atoms with Crippen molar-refractivity contribution in [3.8, 4) is 11.5 Å². The molecular weight excluding hydrogens is 216 g/mol. The molecule has 0 heterocycles. The summed E-state index contributed by atoms with van der Waals surface area (Å²) in [6.45, 7) is 0. The Labute approximate surface area is 80.1 Å². The Morgan fingerprint density at radius 3 is 2.46 bits per heavy atom. The van der Waals surface area contributed by atoms with Crippen LogP contribution in [-0.4, -0.2) is 20.6 Å². The first-order valence-corrected chi connectivity index (χ1v) is 5.57. The maximum absolute atomic E-state index is 10.9. The largest absolute Gasteiger partial charge is 0.508 e. The topological polar surface area (TPSA) is 63.6 Å². The van der Waals surface area contributed by atoms with Crippen LogP contribution in [-0.2, 0) is 9.05 Å². The quantitative estimate of drug-likeness (QED) is 0.767. The van der Waals surface area contributed by atoms with Gasteiger partial charge < -0.3 is 9.84 Å². The van der Waals surface area contributed by atoms with Gasteiger partial charge >= 0.3 is 0 Å². The van der Waals surface area contributed by atoms with Crippen LogP contribution >= 0.6 is 10.7 Å². The summed E-state index contributed by atoms with van der Waals surface area (Å²) in [5.41, 5.74) is 0. The molecule has 0 spiro atoms. The molecule has 0 saturated carbocycles. The van der Waals surface area contributed by atoms with Crippen LogP contribution in [0.4, 0.5) is 0 Å². The first-order valence-electron chi connectivity index (χ1n) is 3.26. The summed E-state index contributed by atoms with van der Waals surface area (Å²) >= 11 is 0. The molecule has 6 heteroatoms. The van der Waals surface area contributed by atoms with Crippen molar-refractivity contribution >= 4 is 19.7 Å². The Hall–Kier alpha value is -0.940. The standard InChI is InChI=1S/C7H7ClO4S/c1-12-6-2-5(9)3-7(4-6)13(8,10)11/h2-4,9H,1H3. The monoisotopic (exact) mass is 222 g/mol. The summed E-state index contributed by atoms with van der Waals surface area (Å²) in [4.78, 5) is -0.189. The normalized spacial score (nSPS) is 11.2. The second-order valence-corrected chi connectivity index (χ2v) is 4.87. The molecule has 0 amide bonds. The number of phenols is 1. The van der Waals surface area contributed by atoms with Gasteiger partial charge in [0.2, 0.25) is 0 Å². The zero-order valence-corrected chi connectivity index (χ0v) is 8.26. The van der Waals surface area contributed by atoms with Crippen molar-refractivity contribution in [1.29, 1.82) is 0 Å². The molecule has 0 unspecified atom stereocenters. The third kappa shape index (κ3) is 2.50. The van der Waals surface area contributed by atoms with Gasteiger partial charge in [0.05, 0.1) is 12.0 Å². The van der Waals surface area contributed by atoms with Crippen molar-refractivity contribution in [2.45, 2.75) is 4.90 Å². The molecule has 0 aromatic heterocycles. The minimum absolute atomic E-state index is 0.189. The number of hydrogen-bond acceptors (Lipinski definition) is 4. The number of benzene rings is 1. The van der Waals surface area contributed by atoms with Crippen LogP contribution in [0.5, 0.6) is 11.5 Å². The third-order valence-electron chi connectivity index (χ3n) is 1.38. The molecule has 0 radical (unpaired) electrons. The van der Waals surface area contributed by atoms with Crippen LogP contribution in [0.3, 0.4) is 0 Å². The van der Waals surface area contributed by atoms with Crippen molar-refractivity contribution < 1.29 is 18.3 Å². The molecule has 13 heavy (non-hydrogen) atoms. The molecule has 0 aliphatic rings. The number of ether oxygens (including phenoxy) is 1. The van der Waals surface area contributed by atoms with E-state index in [1.165, 1.54) is 19.2 Å². The summed E-state index contributed by atoms with van der Waals surface area (Å²) in [5.74, 6) is 0.0257. The van der Waals surface area contributed by atoms with E-state index in [4.69, 9.17) is 20.5 Å². The van der Waals surface area contributed by atoms with Gasteiger partial charge in [-0.2, -0.15) is 0 Å². The van der Waals surface area contributed by atoms with Gasteiger partial charge in [-0.05, 0) is 0 Å². The van der Waals surface area contributed by atoms with E-state index in [-0.39, 0.29) is 16.4 Å². The Kier molecular flexibility index (Phi) is 2.68. The second kappa shape index (κ2) is 3.43. The zero-order valence-electron chi connectivity index (χ0n) is 6.69. The predicted octanol–water partition coefficient (Wildman–Crippen LogP) is 1.33. The van der Waals surface area contributed by atoms with Crippen LogP contribution in [0.1, 0.15) is 0 Å². The van der Waals surface area contributed by atoms with Crippen molar-refractivity contribution in [3.63, 3.8) is 0 Å². The first-order chi connectivity index (χ1) is 5.93. The Morgan fingerprint density at radius 1 is 1.38 bits per heavy atom. The molecule has 1 N–H and O–H groups in total. The molecule has 1 aromatic carbocycles. The van der Waals surface area contributed by atoms with Gasteiger partial charge in [-0.15, -0.1) is 0 Å². The molecule has 0 bridgehead atoms. The summed E-state index contributed by atoms with van der Waals surface area (Å²) in [5, 5.41) is 9.09. The second-order valence-electron chi connectivity index (χ2n) is 2.30. The van der Waals surface area contributed by atoms with Crippen LogP contribution in [0.25, 0.3) is 0 Å². The summed E-state index contributed by atoms with van der Waals surface area (Å²) in [6, 6.07) is 3.55. The smallest absolute Gasteiger partial charge is 0.261 e. The first kappa shape index (κ1) is 10.1. The van der Waals surface area contributed by atoms with Crippen molar-refractivity contribution in [3.05, 3.63) is 18.2 Å². The number of aromatic hydroxyl groups is 1. The lowest BCUT2D eigenvalue weighted by molar-refractivity contribution is 0.405. The highest BCUT2D eigenvalue weighted by Gasteiger charge is 2.12. The number of methoxy groups -OCH3 is 1. The van der Waals surface area contributed by atoms with E-state index in [9.17, 15) is 8.42 Å². The third-order valence-corrected chi connectivity index (χ3v) is 2.72. The van der Waals surface area contributed by atoms with Gasteiger partial charge in [0.15, 0.2) is 0 Å². The van der Waals surface area contributed by atoms with E-state index in [0.29, 0.717) is 0 Å². The summed E-state index contributed by atoms with van der Waals surface area (Å²) in [7, 11) is 2.60. The molecule has 1 rings (SSSR count). The molecule has 0 atom stereocenters. The van der Waals surface area contributed by atoms with Crippen LogP contribution < -0.4 is 4.74 Å². The highest BCUT2D eigenvalue weighted by atomic mass is 35.7. The highest BCUT2D eigenvalue weighted by molar-refractivity contribution is 8.13. The maximum atomic E-state index is 10.9. The number of hydrogen-bond donors (Lipinski definition) is 1. The Bertz CT molecular complexity index is 413.